The van der Waals surface area contributed by atoms with Crippen molar-refractivity contribution < 1.29 is 14.0 Å². The summed E-state index contributed by atoms with van der Waals surface area (Å²) in [7, 11) is 0. The van der Waals surface area contributed by atoms with Crippen molar-refractivity contribution in [2.75, 3.05) is 0 Å². The molecule has 2 aromatic carbocycles. The summed E-state index contributed by atoms with van der Waals surface area (Å²) in [6, 6.07) is 12.4. The number of aryl methyl sites for hydroxylation is 1. The van der Waals surface area contributed by atoms with Crippen molar-refractivity contribution in [3.63, 3.8) is 0 Å². The maximum Gasteiger partial charge on any atom is 0.366 e. The van der Waals surface area contributed by atoms with Crippen LogP contribution in [0.5, 0.6) is 0 Å². The average Bonchev–Trinajstić information content (AvgIpc) is 2.45. The van der Waals surface area contributed by atoms with Crippen LogP contribution < -0.4 is 5.73 Å². The topological polar surface area (TPSA) is 64.7 Å². The van der Waals surface area contributed by atoms with E-state index < -0.39 is 5.97 Å². The maximum atomic E-state index is 12.8. The first kappa shape index (κ1) is 13.7. The monoisotopic (exact) mass is 272 g/mol. The summed E-state index contributed by atoms with van der Waals surface area (Å²) in [4.78, 5) is 16.6. The van der Waals surface area contributed by atoms with Gasteiger partial charge in [-0.15, -0.1) is 0 Å². The Kier molecular flexibility index (Phi) is 4.10. The van der Waals surface area contributed by atoms with Gasteiger partial charge in [-0.25, -0.2) is 9.18 Å². The molecule has 0 bridgehead atoms. The SMILES string of the molecule is Cc1ccccc1C(=O)O/N=C(\N)c1ccc(F)cc1. The molecule has 0 atom stereocenters. The van der Waals surface area contributed by atoms with Crippen LogP contribution in [0.25, 0.3) is 0 Å². The van der Waals surface area contributed by atoms with Gasteiger partial charge in [0.1, 0.15) is 5.82 Å². The Morgan fingerprint density at radius 3 is 2.45 bits per heavy atom. The molecule has 0 aliphatic carbocycles. The van der Waals surface area contributed by atoms with Gasteiger partial charge in [0.25, 0.3) is 0 Å². The highest BCUT2D eigenvalue weighted by atomic mass is 19.1. The minimum Gasteiger partial charge on any atom is -0.380 e. The number of benzene rings is 2. The Bertz CT molecular complexity index is 651. The van der Waals surface area contributed by atoms with Gasteiger partial charge in [-0.1, -0.05) is 23.4 Å². The smallest absolute Gasteiger partial charge is 0.366 e. The molecule has 0 aliphatic rings. The van der Waals surface area contributed by atoms with Crippen molar-refractivity contribution in [1.82, 2.24) is 0 Å². The number of nitrogens with zero attached hydrogens (tertiary/aromatic N) is 1. The van der Waals surface area contributed by atoms with Crippen LogP contribution in [-0.4, -0.2) is 11.8 Å². The number of hydrogen-bond donors (Lipinski definition) is 1. The number of amidine groups is 1. The highest BCUT2D eigenvalue weighted by Crippen LogP contribution is 2.09. The molecule has 4 nitrogen and oxygen atoms in total. The number of rotatable bonds is 3. The third-order valence-corrected chi connectivity index (χ3v) is 2.73. The molecule has 2 aromatic rings. The van der Waals surface area contributed by atoms with E-state index in [2.05, 4.69) is 5.16 Å². The van der Waals surface area contributed by atoms with Crippen LogP contribution in [0.2, 0.25) is 0 Å². The van der Waals surface area contributed by atoms with Crippen LogP contribution in [0.15, 0.2) is 53.7 Å². The first-order chi connectivity index (χ1) is 9.58. The van der Waals surface area contributed by atoms with Gasteiger partial charge in [-0.2, -0.15) is 0 Å². The number of carbonyl (C=O) groups is 1. The molecule has 0 saturated heterocycles. The van der Waals surface area contributed by atoms with E-state index in [0.717, 1.165) is 5.56 Å². The normalized spacial score (nSPS) is 11.2. The van der Waals surface area contributed by atoms with Crippen molar-refractivity contribution in [2.45, 2.75) is 6.92 Å². The molecule has 2 rings (SSSR count). The third-order valence-electron chi connectivity index (χ3n) is 2.73. The van der Waals surface area contributed by atoms with E-state index in [9.17, 15) is 9.18 Å². The minimum absolute atomic E-state index is 0.00642. The minimum atomic E-state index is -0.590. The molecule has 5 heteroatoms. The Balaban J connectivity index is 2.11. The van der Waals surface area contributed by atoms with Crippen molar-refractivity contribution >= 4 is 11.8 Å². The van der Waals surface area contributed by atoms with E-state index in [1.807, 2.05) is 6.07 Å². The fraction of sp³-hybridized carbons (Fsp3) is 0.0667. The van der Waals surface area contributed by atoms with E-state index >= 15 is 0 Å². The van der Waals surface area contributed by atoms with Crippen molar-refractivity contribution in [2.24, 2.45) is 10.9 Å². The summed E-state index contributed by atoms with van der Waals surface area (Å²) in [6.45, 7) is 1.80. The number of halogens is 1. The van der Waals surface area contributed by atoms with Crippen molar-refractivity contribution in [1.29, 1.82) is 0 Å². The number of hydrogen-bond acceptors (Lipinski definition) is 3. The van der Waals surface area contributed by atoms with Gasteiger partial charge < -0.3 is 10.6 Å². The Morgan fingerprint density at radius 1 is 1.15 bits per heavy atom. The summed E-state index contributed by atoms with van der Waals surface area (Å²) < 4.78 is 12.8. The second-order valence-electron chi connectivity index (χ2n) is 4.18. The Morgan fingerprint density at radius 2 is 1.80 bits per heavy atom. The lowest BCUT2D eigenvalue weighted by Gasteiger charge is -2.03. The molecule has 0 heterocycles. The van der Waals surface area contributed by atoms with E-state index in [-0.39, 0.29) is 11.7 Å². The van der Waals surface area contributed by atoms with E-state index in [1.165, 1.54) is 24.3 Å². The van der Waals surface area contributed by atoms with Crippen molar-refractivity contribution in [3.8, 4) is 0 Å². The molecular formula is C15H13FN2O2. The fourth-order valence-electron chi connectivity index (χ4n) is 1.62. The number of nitrogens with two attached hydrogens (primary N) is 1. The molecule has 0 saturated carbocycles. The van der Waals surface area contributed by atoms with Crippen LogP contribution in [0, 0.1) is 12.7 Å². The molecule has 102 valence electrons. The van der Waals surface area contributed by atoms with Crippen molar-refractivity contribution in [3.05, 3.63) is 71.0 Å². The summed E-state index contributed by atoms with van der Waals surface area (Å²) in [5, 5.41) is 3.56. The van der Waals surface area contributed by atoms with E-state index in [1.54, 1.807) is 25.1 Å². The molecule has 0 fully saturated rings. The lowest BCUT2D eigenvalue weighted by Crippen LogP contribution is -2.15. The number of oxime groups is 1. The van der Waals surface area contributed by atoms with Gasteiger partial charge in [0, 0.05) is 5.56 Å². The van der Waals surface area contributed by atoms with Gasteiger partial charge >= 0.3 is 5.97 Å². The molecular weight excluding hydrogens is 259 g/mol. The lowest BCUT2D eigenvalue weighted by molar-refractivity contribution is 0.0515. The molecule has 0 radical (unpaired) electrons. The second kappa shape index (κ2) is 5.97. The van der Waals surface area contributed by atoms with E-state index in [4.69, 9.17) is 10.6 Å². The molecule has 20 heavy (non-hydrogen) atoms. The molecule has 0 aliphatic heterocycles. The van der Waals surface area contributed by atoms with Crippen LogP contribution in [0.3, 0.4) is 0 Å². The first-order valence-electron chi connectivity index (χ1n) is 5.94. The van der Waals surface area contributed by atoms with Gasteiger partial charge in [-0.05, 0) is 42.8 Å². The zero-order chi connectivity index (χ0) is 14.5. The first-order valence-corrected chi connectivity index (χ1v) is 5.94. The highest BCUT2D eigenvalue weighted by molar-refractivity contribution is 5.98. The van der Waals surface area contributed by atoms with Crippen LogP contribution in [0.4, 0.5) is 4.39 Å². The van der Waals surface area contributed by atoms with Gasteiger partial charge in [0.2, 0.25) is 0 Å². The van der Waals surface area contributed by atoms with E-state index in [0.29, 0.717) is 11.1 Å². The number of carbonyl (C=O) groups excluding carboxylic acids is 1. The average molecular weight is 272 g/mol. The Labute approximate surface area is 115 Å². The highest BCUT2D eigenvalue weighted by Gasteiger charge is 2.10. The largest absolute Gasteiger partial charge is 0.380 e. The third kappa shape index (κ3) is 3.20. The van der Waals surface area contributed by atoms with Crippen LogP contribution >= 0.6 is 0 Å². The fourth-order valence-corrected chi connectivity index (χ4v) is 1.62. The predicted molar refractivity (Wildman–Crippen MR) is 73.7 cm³/mol. The van der Waals surface area contributed by atoms with Crippen LogP contribution in [-0.2, 0) is 4.84 Å². The zero-order valence-electron chi connectivity index (χ0n) is 10.8. The molecule has 0 unspecified atom stereocenters. The van der Waals surface area contributed by atoms with Crippen LogP contribution in [0.1, 0.15) is 21.5 Å². The van der Waals surface area contributed by atoms with Gasteiger partial charge in [0.15, 0.2) is 5.84 Å². The molecule has 0 spiro atoms. The summed E-state index contributed by atoms with van der Waals surface area (Å²) >= 11 is 0. The molecule has 0 aromatic heterocycles. The molecule has 0 amide bonds. The quantitative estimate of drug-likeness (QED) is 0.404. The Hall–Kier alpha value is -2.69. The lowest BCUT2D eigenvalue weighted by atomic mass is 10.1. The van der Waals surface area contributed by atoms with Gasteiger partial charge in [-0.3, -0.25) is 0 Å². The summed E-state index contributed by atoms with van der Waals surface area (Å²) in [5.74, 6) is -0.960. The standard InChI is InChI=1S/C15H13FN2O2/c1-10-4-2-3-5-13(10)15(19)20-18-14(17)11-6-8-12(16)9-7-11/h2-9H,1H3,(H2,17,18). The van der Waals surface area contributed by atoms with Gasteiger partial charge in [0.05, 0.1) is 5.56 Å². The zero-order valence-corrected chi connectivity index (χ0v) is 10.8. The maximum absolute atomic E-state index is 12.8. The summed E-state index contributed by atoms with van der Waals surface area (Å²) in [6.07, 6.45) is 0. The second-order valence-corrected chi connectivity index (χ2v) is 4.18. The summed E-state index contributed by atoms with van der Waals surface area (Å²) in [5.41, 5.74) is 7.34. The predicted octanol–water partition coefficient (Wildman–Crippen LogP) is 2.61. The molecule has 2 N–H and O–H groups in total.